The third-order valence-electron chi connectivity index (χ3n) is 10.5. The SMILES string of the molecule is CC/C=C\C/C=C\CCCCCCCCCCCCCCC(O)CC(=O)NC(CO)C(O)/C=C/CC/C=C/CC/C=C/CCCCCCCCCCCCC. The summed E-state index contributed by atoms with van der Waals surface area (Å²) in [5.41, 5.74) is 0. The van der Waals surface area contributed by atoms with Crippen molar-refractivity contribution in [3.8, 4) is 0 Å². The van der Waals surface area contributed by atoms with Crippen molar-refractivity contribution in [3.05, 3.63) is 60.8 Å². The largest absolute Gasteiger partial charge is 0.394 e. The first-order chi connectivity index (χ1) is 27.0. The van der Waals surface area contributed by atoms with Gasteiger partial charge in [0.1, 0.15) is 0 Å². The van der Waals surface area contributed by atoms with Gasteiger partial charge in [-0.15, -0.1) is 0 Å². The van der Waals surface area contributed by atoms with Gasteiger partial charge >= 0.3 is 0 Å². The third-order valence-corrected chi connectivity index (χ3v) is 10.5. The van der Waals surface area contributed by atoms with Gasteiger partial charge < -0.3 is 20.6 Å². The summed E-state index contributed by atoms with van der Waals surface area (Å²) < 4.78 is 0. The maximum absolute atomic E-state index is 12.5. The fraction of sp³-hybridized carbons (Fsp3) is 0.780. The second-order valence-corrected chi connectivity index (χ2v) is 16.0. The lowest BCUT2D eigenvalue weighted by molar-refractivity contribution is -0.124. The van der Waals surface area contributed by atoms with Gasteiger partial charge in [-0.3, -0.25) is 4.79 Å². The summed E-state index contributed by atoms with van der Waals surface area (Å²) in [5.74, 6) is -0.331. The van der Waals surface area contributed by atoms with Crippen LogP contribution in [0.1, 0.15) is 226 Å². The van der Waals surface area contributed by atoms with Crippen LogP contribution in [0.25, 0.3) is 0 Å². The molecule has 0 radical (unpaired) electrons. The van der Waals surface area contributed by atoms with Crippen LogP contribution in [-0.4, -0.2) is 46.1 Å². The predicted molar refractivity (Wildman–Crippen MR) is 240 cm³/mol. The normalized spacial score (nSPS) is 14.1. The van der Waals surface area contributed by atoms with Gasteiger partial charge in [0.15, 0.2) is 0 Å². The number of rotatable bonds is 42. The van der Waals surface area contributed by atoms with Crippen LogP contribution in [0.2, 0.25) is 0 Å². The quantitative estimate of drug-likeness (QED) is 0.0368. The third kappa shape index (κ3) is 41.5. The number of aliphatic hydroxyl groups is 3. The highest BCUT2D eigenvalue weighted by Crippen LogP contribution is 2.15. The molecule has 0 saturated carbocycles. The lowest BCUT2D eigenvalue weighted by Crippen LogP contribution is -2.45. The standard InChI is InChI=1S/C50H91NO4/c1-3-5-7-9-11-13-15-17-19-21-23-24-26-28-30-32-34-36-38-40-42-44-49(54)48(46-52)51-50(55)45-47(53)43-41-39-37-35-33-31-29-27-25-22-20-18-16-14-12-10-8-6-4-2/h6,8,12,14,26,28,34,36,42,44,47-49,52-54H,3-5,7,9-11,13,15-25,27,29-33,35,37-41,43,45-46H2,1-2H3,(H,51,55)/b8-6-,14-12-,28-26+,36-34+,44-42+. The number of carbonyl (C=O) groups excluding carboxylic acids is 1. The van der Waals surface area contributed by atoms with Gasteiger partial charge in [-0.1, -0.05) is 209 Å². The number of amides is 1. The molecule has 4 N–H and O–H groups in total. The van der Waals surface area contributed by atoms with Gasteiger partial charge in [-0.2, -0.15) is 0 Å². The van der Waals surface area contributed by atoms with Gasteiger partial charge in [0, 0.05) is 0 Å². The molecule has 0 rings (SSSR count). The molecule has 0 fully saturated rings. The number of carbonyl (C=O) groups is 1. The van der Waals surface area contributed by atoms with E-state index in [-0.39, 0.29) is 18.9 Å². The lowest BCUT2D eigenvalue weighted by Gasteiger charge is -2.21. The van der Waals surface area contributed by atoms with Crippen molar-refractivity contribution in [1.29, 1.82) is 0 Å². The van der Waals surface area contributed by atoms with Crippen LogP contribution in [0.3, 0.4) is 0 Å². The zero-order valence-corrected chi connectivity index (χ0v) is 36.3. The van der Waals surface area contributed by atoms with Crippen LogP contribution < -0.4 is 5.32 Å². The summed E-state index contributed by atoms with van der Waals surface area (Å²) in [6.45, 7) is 4.10. The Kier molecular flexibility index (Phi) is 43.2. The molecule has 3 atom stereocenters. The van der Waals surface area contributed by atoms with Gasteiger partial charge in [-0.05, 0) is 70.6 Å². The van der Waals surface area contributed by atoms with Crippen LogP contribution in [0.4, 0.5) is 0 Å². The minimum absolute atomic E-state index is 0.000377. The number of hydrogen-bond acceptors (Lipinski definition) is 4. The van der Waals surface area contributed by atoms with Crippen molar-refractivity contribution in [2.45, 2.75) is 244 Å². The van der Waals surface area contributed by atoms with Crippen molar-refractivity contribution in [3.63, 3.8) is 0 Å². The Morgan fingerprint density at radius 1 is 0.491 bits per heavy atom. The first kappa shape index (κ1) is 53.0. The molecule has 1 amide bonds. The second-order valence-electron chi connectivity index (χ2n) is 16.0. The van der Waals surface area contributed by atoms with Crippen LogP contribution in [0.5, 0.6) is 0 Å². The second kappa shape index (κ2) is 44.8. The van der Waals surface area contributed by atoms with Crippen LogP contribution >= 0.6 is 0 Å². The molecule has 0 saturated heterocycles. The molecule has 0 bridgehead atoms. The number of allylic oxidation sites excluding steroid dienone is 9. The number of hydrogen-bond donors (Lipinski definition) is 4. The summed E-state index contributed by atoms with van der Waals surface area (Å²) in [6, 6.07) is -0.770. The molecule has 5 heteroatoms. The molecule has 0 aliphatic carbocycles. The Morgan fingerprint density at radius 3 is 1.36 bits per heavy atom. The van der Waals surface area contributed by atoms with E-state index in [2.05, 4.69) is 67.8 Å². The van der Waals surface area contributed by atoms with E-state index in [1.807, 2.05) is 6.08 Å². The molecule has 3 unspecified atom stereocenters. The number of unbranched alkanes of at least 4 members (excludes halogenated alkanes) is 25. The highest BCUT2D eigenvalue weighted by atomic mass is 16.3. The average molecular weight is 770 g/mol. The van der Waals surface area contributed by atoms with E-state index in [1.165, 1.54) is 148 Å². The van der Waals surface area contributed by atoms with Crippen molar-refractivity contribution in [2.75, 3.05) is 6.61 Å². The van der Waals surface area contributed by atoms with E-state index in [9.17, 15) is 20.1 Å². The Labute approximate surface area is 341 Å². The van der Waals surface area contributed by atoms with Crippen molar-refractivity contribution < 1.29 is 20.1 Å². The van der Waals surface area contributed by atoms with Crippen LogP contribution in [0, 0.1) is 0 Å². The van der Waals surface area contributed by atoms with E-state index >= 15 is 0 Å². The van der Waals surface area contributed by atoms with Crippen LogP contribution in [-0.2, 0) is 4.79 Å². The van der Waals surface area contributed by atoms with E-state index < -0.39 is 18.2 Å². The Hall–Kier alpha value is -1.95. The summed E-state index contributed by atoms with van der Waals surface area (Å²) in [6.07, 6.45) is 59.4. The summed E-state index contributed by atoms with van der Waals surface area (Å²) in [4.78, 5) is 12.5. The fourth-order valence-corrected chi connectivity index (χ4v) is 6.94. The highest BCUT2D eigenvalue weighted by molar-refractivity contribution is 5.76. The Morgan fingerprint density at radius 2 is 0.891 bits per heavy atom. The summed E-state index contributed by atoms with van der Waals surface area (Å²) in [7, 11) is 0. The fourth-order valence-electron chi connectivity index (χ4n) is 6.94. The lowest BCUT2D eigenvalue weighted by atomic mass is 10.0. The molecule has 0 aromatic heterocycles. The summed E-state index contributed by atoms with van der Waals surface area (Å²) in [5, 5.41) is 33.3. The van der Waals surface area contributed by atoms with E-state index in [0.717, 1.165) is 51.4 Å². The predicted octanol–water partition coefficient (Wildman–Crippen LogP) is 13.9. The number of nitrogens with one attached hydrogen (secondary N) is 1. The molecular weight excluding hydrogens is 679 g/mol. The minimum Gasteiger partial charge on any atom is -0.394 e. The molecule has 5 nitrogen and oxygen atoms in total. The Bertz CT molecular complexity index is 938. The van der Waals surface area contributed by atoms with Gasteiger partial charge in [0.2, 0.25) is 5.91 Å². The maximum atomic E-state index is 12.5. The maximum Gasteiger partial charge on any atom is 0.222 e. The molecule has 320 valence electrons. The van der Waals surface area contributed by atoms with E-state index in [1.54, 1.807) is 6.08 Å². The van der Waals surface area contributed by atoms with Gasteiger partial charge in [0.05, 0.1) is 31.3 Å². The first-order valence-corrected chi connectivity index (χ1v) is 23.6. The molecule has 0 spiro atoms. The molecule has 0 aromatic carbocycles. The first-order valence-electron chi connectivity index (χ1n) is 23.6. The van der Waals surface area contributed by atoms with Crippen molar-refractivity contribution in [2.24, 2.45) is 0 Å². The summed E-state index contributed by atoms with van der Waals surface area (Å²) >= 11 is 0. The van der Waals surface area contributed by atoms with Gasteiger partial charge in [-0.25, -0.2) is 0 Å². The average Bonchev–Trinajstić information content (AvgIpc) is 3.18. The van der Waals surface area contributed by atoms with E-state index in [0.29, 0.717) is 6.42 Å². The zero-order valence-electron chi connectivity index (χ0n) is 36.3. The minimum atomic E-state index is -0.962. The molecular formula is C50H91NO4. The zero-order chi connectivity index (χ0) is 40.1. The topological polar surface area (TPSA) is 89.8 Å². The highest BCUT2D eigenvalue weighted by Gasteiger charge is 2.20. The molecule has 0 aliphatic rings. The molecule has 55 heavy (non-hydrogen) atoms. The number of aliphatic hydroxyl groups excluding tert-OH is 3. The van der Waals surface area contributed by atoms with E-state index in [4.69, 9.17) is 0 Å². The smallest absolute Gasteiger partial charge is 0.222 e. The van der Waals surface area contributed by atoms with Crippen molar-refractivity contribution >= 4 is 5.91 Å². The molecule has 0 heterocycles. The molecule has 0 aromatic rings. The monoisotopic (exact) mass is 770 g/mol. The van der Waals surface area contributed by atoms with Gasteiger partial charge in [0.25, 0.3) is 0 Å². The van der Waals surface area contributed by atoms with Crippen LogP contribution in [0.15, 0.2) is 60.8 Å². The van der Waals surface area contributed by atoms with Crippen molar-refractivity contribution in [1.82, 2.24) is 5.32 Å². The molecule has 0 aliphatic heterocycles. The Balaban J connectivity index is 3.71.